The zero-order chi connectivity index (χ0) is 29.6. The summed E-state index contributed by atoms with van der Waals surface area (Å²) < 4.78 is 7.30. The number of fused-ring (bicyclic) bond motifs is 1. The van der Waals surface area contributed by atoms with E-state index in [9.17, 15) is 4.79 Å². The molecule has 6 rings (SSSR count). The average Bonchev–Trinajstić information content (AvgIpc) is 3.73. The molecule has 0 bridgehead atoms. The van der Waals surface area contributed by atoms with Crippen LogP contribution in [0.3, 0.4) is 0 Å². The van der Waals surface area contributed by atoms with Crippen LogP contribution in [-0.2, 0) is 17.8 Å². The van der Waals surface area contributed by atoms with Crippen molar-refractivity contribution in [1.82, 2.24) is 24.6 Å². The van der Waals surface area contributed by atoms with Crippen LogP contribution >= 0.6 is 11.6 Å². The summed E-state index contributed by atoms with van der Waals surface area (Å²) in [6.45, 7) is 1.41. The van der Waals surface area contributed by atoms with Crippen LogP contribution in [0.4, 0.5) is 0 Å². The number of pyridine rings is 1. The lowest BCUT2D eigenvalue weighted by Crippen LogP contribution is -2.40. The molecule has 1 aliphatic rings. The third kappa shape index (κ3) is 6.57. The van der Waals surface area contributed by atoms with E-state index in [1.165, 1.54) is 18.2 Å². The Bertz CT molecular complexity index is 1690. The molecule has 0 radical (unpaired) electrons. The molecule has 0 saturated heterocycles. The number of carbonyl (C=O) groups is 1. The summed E-state index contributed by atoms with van der Waals surface area (Å²) in [6.07, 6.45) is 10.2. The fourth-order valence-corrected chi connectivity index (χ4v) is 6.38. The van der Waals surface area contributed by atoms with Crippen LogP contribution in [0.5, 0.6) is 5.75 Å². The summed E-state index contributed by atoms with van der Waals surface area (Å²) in [4.78, 5) is 24.9. The SMILES string of the molecule is COc1ccc(-c2nc(-c3ccncc3)nn2CCCCN(C(=O)Cc2cccc3ccccc23)C2CCCC2)cc1Cl. The average molecular weight is 594 g/mol. The summed E-state index contributed by atoms with van der Waals surface area (Å²) in [5.74, 6) is 2.22. The lowest BCUT2D eigenvalue weighted by molar-refractivity contribution is -0.132. The first-order chi connectivity index (χ1) is 21.1. The Balaban J connectivity index is 1.18. The van der Waals surface area contributed by atoms with Crippen molar-refractivity contribution in [2.24, 2.45) is 0 Å². The van der Waals surface area contributed by atoms with Crippen molar-refractivity contribution in [3.05, 3.63) is 95.8 Å². The van der Waals surface area contributed by atoms with Crippen molar-refractivity contribution < 1.29 is 9.53 Å². The number of hydrogen-bond acceptors (Lipinski definition) is 5. The Labute approximate surface area is 257 Å². The van der Waals surface area contributed by atoms with Gasteiger partial charge in [0.15, 0.2) is 11.6 Å². The number of methoxy groups -OCH3 is 1. The van der Waals surface area contributed by atoms with Gasteiger partial charge >= 0.3 is 0 Å². The van der Waals surface area contributed by atoms with Crippen molar-refractivity contribution in [1.29, 1.82) is 0 Å². The molecule has 3 aromatic carbocycles. The van der Waals surface area contributed by atoms with E-state index >= 15 is 0 Å². The van der Waals surface area contributed by atoms with E-state index in [0.29, 0.717) is 35.6 Å². The van der Waals surface area contributed by atoms with Gasteiger partial charge in [-0.2, -0.15) is 5.10 Å². The molecule has 0 spiro atoms. The third-order valence-corrected chi connectivity index (χ3v) is 8.64. The van der Waals surface area contributed by atoms with Gasteiger partial charge in [0.1, 0.15) is 5.75 Å². The number of carbonyl (C=O) groups excluding carboxylic acids is 1. The number of nitrogens with zero attached hydrogens (tertiary/aromatic N) is 5. The number of aryl methyl sites for hydroxylation is 1. The molecular weight excluding hydrogens is 558 g/mol. The van der Waals surface area contributed by atoms with E-state index in [2.05, 4.69) is 40.2 Å². The van der Waals surface area contributed by atoms with Crippen LogP contribution in [0.25, 0.3) is 33.5 Å². The molecule has 0 atom stereocenters. The highest BCUT2D eigenvalue weighted by molar-refractivity contribution is 6.32. The monoisotopic (exact) mass is 593 g/mol. The van der Waals surface area contributed by atoms with Gasteiger partial charge in [0.05, 0.1) is 18.6 Å². The lowest BCUT2D eigenvalue weighted by Gasteiger charge is -2.29. The largest absolute Gasteiger partial charge is 0.495 e. The summed E-state index contributed by atoms with van der Waals surface area (Å²) in [6, 6.07) is 24.4. The topological polar surface area (TPSA) is 73.1 Å². The standard InChI is InChI=1S/C35H36ClN5O2/c1-43-32-16-15-28(23-31(32)36)35-38-34(26-17-19-37-20-18-26)39-41(35)22-7-6-21-40(29-12-3-4-13-29)33(42)24-27-11-8-10-25-9-2-5-14-30(25)27/h2,5,8-11,14-20,23,29H,3-4,6-7,12-13,21-22,24H2,1H3. The Morgan fingerprint density at radius 1 is 0.977 bits per heavy atom. The Kier molecular flexibility index (Phi) is 8.99. The highest BCUT2D eigenvalue weighted by Crippen LogP contribution is 2.31. The van der Waals surface area contributed by atoms with Gasteiger partial charge in [0.2, 0.25) is 5.91 Å². The van der Waals surface area contributed by atoms with Crippen LogP contribution in [0.2, 0.25) is 5.02 Å². The van der Waals surface area contributed by atoms with Gasteiger partial charge < -0.3 is 9.64 Å². The smallest absolute Gasteiger partial charge is 0.227 e. The first kappa shape index (κ1) is 28.9. The Hall–Kier alpha value is -4.23. The maximum Gasteiger partial charge on any atom is 0.227 e. The fraction of sp³-hybridized carbons (Fsp3) is 0.314. The number of hydrogen-bond donors (Lipinski definition) is 0. The molecule has 0 N–H and O–H groups in total. The quantitative estimate of drug-likeness (QED) is 0.147. The highest BCUT2D eigenvalue weighted by atomic mass is 35.5. The molecule has 5 aromatic rings. The van der Waals surface area contributed by atoms with Crippen molar-refractivity contribution in [2.75, 3.05) is 13.7 Å². The minimum atomic E-state index is 0.220. The van der Waals surface area contributed by atoms with Crippen molar-refractivity contribution in [3.8, 4) is 28.5 Å². The number of aromatic nitrogens is 4. The van der Waals surface area contributed by atoms with Gasteiger partial charge in [0.25, 0.3) is 0 Å². The maximum atomic E-state index is 13.8. The van der Waals surface area contributed by atoms with Crippen LogP contribution in [-0.4, -0.2) is 50.3 Å². The summed E-state index contributed by atoms with van der Waals surface area (Å²) in [5, 5.41) is 7.72. The second-order valence-electron chi connectivity index (χ2n) is 11.1. The first-order valence-electron chi connectivity index (χ1n) is 15.1. The molecule has 8 heteroatoms. The fourth-order valence-electron chi connectivity index (χ4n) is 6.12. The minimum absolute atomic E-state index is 0.220. The normalized spacial score (nSPS) is 13.4. The van der Waals surface area contributed by atoms with Gasteiger partial charge in [-0.15, -0.1) is 0 Å². The van der Waals surface area contributed by atoms with Crippen LogP contribution in [0.15, 0.2) is 85.2 Å². The van der Waals surface area contributed by atoms with Crippen LogP contribution in [0, 0.1) is 0 Å². The number of amides is 1. The van der Waals surface area contributed by atoms with Gasteiger partial charge in [0, 0.05) is 42.7 Å². The molecule has 220 valence electrons. The molecule has 1 fully saturated rings. The van der Waals surface area contributed by atoms with E-state index in [4.69, 9.17) is 26.4 Å². The van der Waals surface area contributed by atoms with Gasteiger partial charge in [-0.1, -0.05) is 66.9 Å². The van der Waals surface area contributed by atoms with E-state index in [-0.39, 0.29) is 5.91 Å². The first-order valence-corrected chi connectivity index (χ1v) is 15.4. The second-order valence-corrected chi connectivity index (χ2v) is 11.5. The van der Waals surface area contributed by atoms with Crippen LogP contribution in [0.1, 0.15) is 44.1 Å². The molecule has 0 unspecified atom stereocenters. The number of benzene rings is 3. The van der Waals surface area contributed by atoms with Crippen LogP contribution < -0.4 is 4.74 Å². The zero-order valence-corrected chi connectivity index (χ0v) is 25.2. The number of halogens is 1. The maximum absolute atomic E-state index is 13.8. The van der Waals surface area contributed by atoms with Crippen molar-refractivity contribution in [3.63, 3.8) is 0 Å². The van der Waals surface area contributed by atoms with Gasteiger partial charge in [-0.3, -0.25) is 9.78 Å². The highest BCUT2D eigenvalue weighted by Gasteiger charge is 2.26. The summed E-state index contributed by atoms with van der Waals surface area (Å²) >= 11 is 6.47. The van der Waals surface area contributed by atoms with E-state index in [0.717, 1.165) is 60.1 Å². The van der Waals surface area contributed by atoms with Gasteiger partial charge in [-0.05, 0) is 72.4 Å². The number of ether oxygens (including phenoxy) is 1. The van der Waals surface area contributed by atoms with Crippen molar-refractivity contribution >= 4 is 28.3 Å². The lowest BCUT2D eigenvalue weighted by atomic mass is 10.0. The zero-order valence-electron chi connectivity index (χ0n) is 24.5. The van der Waals surface area contributed by atoms with E-state index in [1.807, 2.05) is 47.1 Å². The number of unbranched alkanes of at least 4 members (excludes halogenated alkanes) is 1. The molecule has 1 amide bonds. The number of rotatable bonds is 11. The van der Waals surface area contributed by atoms with Crippen molar-refractivity contribution in [2.45, 2.75) is 57.5 Å². The molecule has 7 nitrogen and oxygen atoms in total. The van der Waals surface area contributed by atoms with Gasteiger partial charge in [-0.25, -0.2) is 9.67 Å². The second kappa shape index (κ2) is 13.4. The van der Waals surface area contributed by atoms with E-state index in [1.54, 1.807) is 19.5 Å². The Morgan fingerprint density at radius 3 is 2.56 bits per heavy atom. The summed E-state index contributed by atoms with van der Waals surface area (Å²) in [5.41, 5.74) is 2.87. The molecule has 0 aliphatic heterocycles. The molecule has 1 saturated carbocycles. The molecule has 2 aromatic heterocycles. The predicted octanol–water partition coefficient (Wildman–Crippen LogP) is 7.62. The minimum Gasteiger partial charge on any atom is -0.495 e. The van der Waals surface area contributed by atoms with E-state index < -0.39 is 0 Å². The molecule has 2 heterocycles. The summed E-state index contributed by atoms with van der Waals surface area (Å²) in [7, 11) is 1.60. The predicted molar refractivity (Wildman–Crippen MR) is 171 cm³/mol. The molecule has 1 aliphatic carbocycles. The molecule has 43 heavy (non-hydrogen) atoms. The third-order valence-electron chi connectivity index (χ3n) is 8.35. The Morgan fingerprint density at radius 2 is 1.77 bits per heavy atom. The molecular formula is C35H36ClN5O2.